The first-order valence-electron chi connectivity index (χ1n) is 4.52. The topological polar surface area (TPSA) is 70.2 Å². The first kappa shape index (κ1) is 13.2. The maximum atomic E-state index is 11.9. The van der Waals surface area contributed by atoms with Crippen LogP contribution in [0.1, 0.15) is 13.8 Å². The molecular weight excluding hydrogens is 182 g/mol. The standard InChI is InChI=1S/C9H19N3O2/c1-6(13)7(10-3)8(14)9(2,11-4)12-5/h7,10-12H,1-5H3. The minimum absolute atomic E-state index is 0.186. The summed E-state index contributed by atoms with van der Waals surface area (Å²) < 4.78 is 0. The fourth-order valence-corrected chi connectivity index (χ4v) is 1.18. The van der Waals surface area contributed by atoms with E-state index < -0.39 is 11.7 Å². The number of hydrogen-bond donors (Lipinski definition) is 3. The van der Waals surface area contributed by atoms with Crippen LogP contribution >= 0.6 is 0 Å². The zero-order chi connectivity index (χ0) is 11.4. The smallest absolute Gasteiger partial charge is 0.191 e. The Bertz CT molecular complexity index is 224. The Kier molecular flexibility index (Phi) is 4.90. The summed E-state index contributed by atoms with van der Waals surface area (Å²) in [5.41, 5.74) is -0.876. The second kappa shape index (κ2) is 5.19. The molecule has 0 saturated carbocycles. The third-order valence-electron chi connectivity index (χ3n) is 2.45. The molecule has 0 amide bonds. The molecule has 0 rings (SSSR count). The fourth-order valence-electron chi connectivity index (χ4n) is 1.18. The van der Waals surface area contributed by atoms with Crippen molar-refractivity contribution < 1.29 is 9.59 Å². The zero-order valence-electron chi connectivity index (χ0n) is 9.39. The minimum atomic E-state index is -0.876. The molecule has 0 aromatic rings. The van der Waals surface area contributed by atoms with Crippen LogP contribution < -0.4 is 16.0 Å². The minimum Gasteiger partial charge on any atom is -0.304 e. The summed E-state index contributed by atoms with van der Waals surface area (Å²) >= 11 is 0. The van der Waals surface area contributed by atoms with Crippen molar-refractivity contribution in [3.63, 3.8) is 0 Å². The second-order valence-electron chi connectivity index (χ2n) is 3.32. The molecule has 0 aromatic carbocycles. The van der Waals surface area contributed by atoms with Gasteiger partial charge in [0.05, 0.1) is 0 Å². The number of ketones is 2. The third kappa shape index (κ3) is 2.60. The first-order valence-corrected chi connectivity index (χ1v) is 4.52. The van der Waals surface area contributed by atoms with Gasteiger partial charge in [0.1, 0.15) is 11.7 Å². The summed E-state index contributed by atoms with van der Waals surface area (Å²) in [6.07, 6.45) is 0. The quantitative estimate of drug-likeness (QED) is 0.375. The molecule has 0 heterocycles. The molecule has 5 nitrogen and oxygen atoms in total. The van der Waals surface area contributed by atoms with E-state index in [-0.39, 0.29) is 11.6 Å². The number of Topliss-reactive ketones (excluding diaryl/α,β-unsaturated/α-hetero) is 2. The Morgan fingerprint density at radius 1 is 1.14 bits per heavy atom. The van der Waals surface area contributed by atoms with Crippen LogP contribution in [0.15, 0.2) is 0 Å². The normalized spacial score (nSPS) is 13.8. The first-order chi connectivity index (χ1) is 6.42. The number of hydrogen-bond acceptors (Lipinski definition) is 5. The summed E-state index contributed by atoms with van der Waals surface area (Å²) in [7, 11) is 4.93. The summed E-state index contributed by atoms with van der Waals surface area (Å²) in [5.74, 6) is -0.397. The highest BCUT2D eigenvalue weighted by Gasteiger charge is 2.36. The molecule has 0 aliphatic carbocycles. The predicted octanol–water partition coefficient (Wildman–Crippen LogP) is -1.11. The van der Waals surface area contributed by atoms with Crippen molar-refractivity contribution in [2.45, 2.75) is 25.6 Å². The van der Waals surface area contributed by atoms with Gasteiger partial charge in [0.2, 0.25) is 0 Å². The number of carbonyl (C=O) groups excluding carboxylic acids is 2. The van der Waals surface area contributed by atoms with Gasteiger partial charge >= 0.3 is 0 Å². The van der Waals surface area contributed by atoms with Gasteiger partial charge in [0.25, 0.3) is 0 Å². The molecule has 14 heavy (non-hydrogen) atoms. The van der Waals surface area contributed by atoms with Crippen LogP contribution in [0.4, 0.5) is 0 Å². The van der Waals surface area contributed by atoms with Gasteiger partial charge in [-0.2, -0.15) is 0 Å². The lowest BCUT2D eigenvalue weighted by Crippen LogP contribution is -2.63. The molecule has 0 bridgehead atoms. The molecule has 1 unspecified atom stereocenters. The number of nitrogens with one attached hydrogen (secondary N) is 3. The molecule has 0 aromatic heterocycles. The highest BCUT2D eigenvalue weighted by Crippen LogP contribution is 2.03. The number of rotatable bonds is 6. The van der Waals surface area contributed by atoms with Gasteiger partial charge in [-0.1, -0.05) is 0 Å². The summed E-state index contributed by atoms with van der Waals surface area (Å²) in [6, 6.07) is -0.764. The van der Waals surface area contributed by atoms with Crippen molar-refractivity contribution in [3.05, 3.63) is 0 Å². The van der Waals surface area contributed by atoms with Gasteiger partial charge in [-0.25, -0.2) is 0 Å². The van der Waals surface area contributed by atoms with E-state index in [0.717, 1.165) is 0 Å². The highest BCUT2D eigenvalue weighted by molar-refractivity contribution is 6.09. The Labute approximate surface area is 84.6 Å². The van der Waals surface area contributed by atoms with E-state index in [1.165, 1.54) is 6.92 Å². The van der Waals surface area contributed by atoms with Crippen LogP contribution in [0.3, 0.4) is 0 Å². The Hall–Kier alpha value is -0.780. The average Bonchev–Trinajstić information content (AvgIpc) is 2.17. The zero-order valence-corrected chi connectivity index (χ0v) is 9.39. The van der Waals surface area contributed by atoms with Gasteiger partial charge in [-0.05, 0) is 35.0 Å². The van der Waals surface area contributed by atoms with Crippen LogP contribution in [0.5, 0.6) is 0 Å². The molecule has 3 N–H and O–H groups in total. The molecule has 5 heteroatoms. The van der Waals surface area contributed by atoms with E-state index in [2.05, 4.69) is 16.0 Å². The van der Waals surface area contributed by atoms with Crippen molar-refractivity contribution >= 4 is 11.6 Å². The molecular formula is C9H19N3O2. The molecule has 0 radical (unpaired) electrons. The van der Waals surface area contributed by atoms with E-state index in [1.54, 1.807) is 28.1 Å². The molecule has 0 aliphatic heterocycles. The molecule has 0 saturated heterocycles. The van der Waals surface area contributed by atoms with Crippen LogP contribution in [0.25, 0.3) is 0 Å². The summed E-state index contributed by atoms with van der Waals surface area (Å²) in [6.45, 7) is 3.09. The molecule has 0 aliphatic rings. The molecule has 1 atom stereocenters. The molecule has 0 spiro atoms. The van der Waals surface area contributed by atoms with Crippen molar-refractivity contribution in [1.82, 2.24) is 16.0 Å². The van der Waals surface area contributed by atoms with Crippen molar-refractivity contribution in [1.29, 1.82) is 0 Å². The van der Waals surface area contributed by atoms with Crippen molar-refractivity contribution in [2.75, 3.05) is 21.1 Å². The predicted molar refractivity (Wildman–Crippen MR) is 55.1 cm³/mol. The highest BCUT2D eigenvalue weighted by atomic mass is 16.2. The molecule has 0 fully saturated rings. The maximum Gasteiger partial charge on any atom is 0.191 e. The van der Waals surface area contributed by atoms with E-state index in [0.29, 0.717) is 0 Å². The summed E-state index contributed by atoms with van der Waals surface area (Å²) in [5, 5.41) is 8.39. The van der Waals surface area contributed by atoms with Crippen LogP contribution in [0, 0.1) is 0 Å². The maximum absolute atomic E-state index is 11.9. The van der Waals surface area contributed by atoms with Gasteiger partial charge < -0.3 is 5.32 Å². The van der Waals surface area contributed by atoms with E-state index in [9.17, 15) is 9.59 Å². The average molecular weight is 201 g/mol. The van der Waals surface area contributed by atoms with Crippen LogP contribution in [-0.2, 0) is 9.59 Å². The lowest BCUT2D eigenvalue weighted by atomic mass is 9.98. The molecule has 82 valence electrons. The van der Waals surface area contributed by atoms with Gasteiger partial charge in [0.15, 0.2) is 11.6 Å². The van der Waals surface area contributed by atoms with Crippen LogP contribution in [-0.4, -0.2) is 44.4 Å². The van der Waals surface area contributed by atoms with Gasteiger partial charge in [0, 0.05) is 0 Å². The lowest BCUT2D eigenvalue weighted by Gasteiger charge is -2.30. The van der Waals surface area contributed by atoms with Gasteiger partial charge in [-0.3, -0.25) is 20.2 Å². The van der Waals surface area contributed by atoms with Crippen LogP contribution in [0.2, 0.25) is 0 Å². The fraction of sp³-hybridized carbons (Fsp3) is 0.778. The lowest BCUT2D eigenvalue weighted by molar-refractivity contribution is -0.133. The van der Waals surface area contributed by atoms with E-state index in [4.69, 9.17) is 0 Å². The Balaban J connectivity index is 4.80. The number of carbonyl (C=O) groups is 2. The summed E-state index contributed by atoms with van der Waals surface area (Å²) in [4.78, 5) is 23.0. The monoisotopic (exact) mass is 201 g/mol. The van der Waals surface area contributed by atoms with Crippen molar-refractivity contribution in [2.24, 2.45) is 0 Å². The van der Waals surface area contributed by atoms with Crippen molar-refractivity contribution in [3.8, 4) is 0 Å². The van der Waals surface area contributed by atoms with Gasteiger partial charge in [-0.15, -0.1) is 0 Å². The Morgan fingerprint density at radius 3 is 1.79 bits per heavy atom. The SMILES string of the molecule is CNC(C(C)=O)C(=O)C(C)(NC)NC. The third-order valence-corrected chi connectivity index (χ3v) is 2.45. The Morgan fingerprint density at radius 2 is 1.57 bits per heavy atom. The van der Waals surface area contributed by atoms with E-state index >= 15 is 0 Å². The second-order valence-corrected chi connectivity index (χ2v) is 3.32. The van der Waals surface area contributed by atoms with E-state index in [1.807, 2.05) is 0 Å². The number of likely N-dealkylation sites (N-methyl/N-ethyl adjacent to an activating group) is 3. The largest absolute Gasteiger partial charge is 0.304 e.